The third kappa shape index (κ3) is 4.33. The van der Waals surface area contributed by atoms with Gasteiger partial charge in [-0.3, -0.25) is 0 Å². The van der Waals surface area contributed by atoms with Gasteiger partial charge in [-0.1, -0.05) is 60.7 Å². The van der Waals surface area contributed by atoms with Crippen LogP contribution in [-0.4, -0.2) is 32.0 Å². The summed E-state index contributed by atoms with van der Waals surface area (Å²) in [7, 11) is 3.29. The Morgan fingerprint density at radius 1 is 0.833 bits per heavy atom. The number of fused-ring (bicyclic) bond motifs is 3. The van der Waals surface area contributed by atoms with Crippen molar-refractivity contribution in [2.45, 2.75) is 12.5 Å². The Kier molecular flexibility index (Phi) is 6.50. The Morgan fingerprint density at radius 2 is 1.58 bits per heavy atom. The number of benzene rings is 4. The second-order valence-corrected chi connectivity index (χ2v) is 8.56. The third-order valence-electron chi connectivity index (χ3n) is 6.57. The van der Waals surface area contributed by atoms with Gasteiger partial charge in [0.2, 0.25) is 0 Å². The van der Waals surface area contributed by atoms with Gasteiger partial charge in [-0.2, -0.15) is 0 Å². The number of alkyl carbamates (subject to hydrolysis) is 1. The Labute approximate surface area is 210 Å². The molecule has 0 saturated carbocycles. The van der Waals surface area contributed by atoms with Crippen molar-refractivity contribution >= 4 is 6.09 Å². The van der Waals surface area contributed by atoms with E-state index in [2.05, 4.69) is 29.6 Å². The predicted octanol–water partition coefficient (Wildman–Crippen LogP) is 6.12. The van der Waals surface area contributed by atoms with Crippen molar-refractivity contribution in [3.63, 3.8) is 0 Å². The molecule has 4 aromatic rings. The number of hydrogen-bond donors (Lipinski definition) is 2. The topological polar surface area (TPSA) is 77.0 Å². The van der Waals surface area contributed by atoms with Gasteiger partial charge in [0.15, 0.2) is 0 Å². The maximum atomic E-state index is 12.5. The third-order valence-corrected chi connectivity index (χ3v) is 6.57. The molecule has 5 rings (SSSR count). The van der Waals surface area contributed by atoms with Crippen molar-refractivity contribution < 1.29 is 24.1 Å². The molecule has 0 saturated heterocycles. The molecule has 6 heteroatoms. The van der Waals surface area contributed by atoms with Crippen LogP contribution < -0.4 is 14.8 Å². The van der Waals surface area contributed by atoms with Crippen LogP contribution >= 0.6 is 0 Å². The molecule has 0 heterocycles. The van der Waals surface area contributed by atoms with Crippen molar-refractivity contribution in [3.8, 4) is 39.5 Å². The second kappa shape index (κ2) is 10.0. The molecule has 2 N–H and O–H groups in total. The summed E-state index contributed by atoms with van der Waals surface area (Å²) in [6.07, 6.45) is -0.530. The molecule has 6 nitrogen and oxygen atoms in total. The SMILES string of the molecule is COc1ccc(-c2cccc3c2-c2ccccc2C3COC(=O)NCc2ccccc2O)c(OC)c1. The van der Waals surface area contributed by atoms with Gasteiger partial charge in [-0.05, 0) is 46.0 Å². The highest BCUT2D eigenvalue weighted by atomic mass is 16.5. The first-order valence-corrected chi connectivity index (χ1v) is 11.7. The molecule has 0 radical (unpaired) electrons. The molecule has 1 amide bonds. The van der Waals surface area contributed by atoms with Crippen LogP contribution in [0.15, 0.2) is 84.9 Å². The fraction of sp³-hybridized carbons (Fsp3) is 0.167. The van der Waals surface area contributed by atoms with Crippen molar-refractivity contribution in [1.29, 1.82) is 0 Å². The van der Waals surface area contributed by atoms with E-state index in [1.54, 1.807) is 32.4 Å². The van der Waals surface area contributed by atoms with E-state index in [4.69, 9.17) is 14.2 Å². The molecule has 0 aromatic heterocycles. The lowest BCUT2D eigenvalue weighted by atomic mass is 9.92. The van der Waals surface area contributed by atoms with Crippen molar-refractivity contribution in [2.75, 3.05) is 20.8 Å². The zero-order chi connectivity index (χ0) is 25.1. The Bertz CT molecular complexity index is 1410. The molecule has 0 aliphatic heterocycles. The van der Waals surface area contributed by atoms with Crippen LogP contribution in [0.2, 0.25) is 0 Å². The number of carbonyl (C=O) groups is 1. The first kappa shape index (κ1) is 23.3. The van der Waals surface area contributed by atoms with Crippen molar-refractivity contribution in [3.05, 3.63) is 102 Å². The summed E-state index contributed by atoms with van der Waals surface area (Å²) in [6.45, 7) is 0.380. The van der Waals surface area contributed by atoms with Crippen molar-refractivity contribution in [2.24, 2.45) is 0 Å². The number of hydrogen-bond acceptors (Lipinski definition) is 5. The number of ether oxygens (including phenoxy) is 3. The van der Waals surface area contributed by atoms with E-state index in [0.717, 1.165) is 44.9 Å². The van der Waals surface area contributed by atoms with E-state index in [9.17, 15) is 9.90 Å². The normalized spacial score (nSPS) is 13.4. The number of aromatic hydroxyl groups is 1. The summed E-state index contributed by atoms with van der Waals surface area (Å²) in [5, 5.41) is 12.6. The number of para-hydroxylation sites is 1. The van der Waals surface area contributed by atoms with Gasteiger partial charge in [-0.25, -0.2) is 4.79 Å². The van der Waals surface area contributed by atoms with E-state index in [1.165, 1.54) is 0 Å². The zero-order valence-electron chi connectivity index (χ0n) is 20.2. The molecule has 182 valence electrons. The van der Waals surface area contributed by atoms with Crippen LogP contribution in [0.3, 0.4) is 0 Å². The minimum absolute atomic E-state index is 0.101. The lowest BCUT2D eigenvalue weighted by molar-refractivity contribution is 0.142. The number of nitrogens with one attached hydrogen (secondary N) is 1. The van der Waals surface area contributed by atoms with E-state index >= 15 is 0 Å². The van der Waals surface area contributed by atoms with Gasteiger partial charge < -0.3 is 24.6 Å². The summed E-state index contributed by atoms with van der Waals surface area (Å²) in [5.41, 5.74) is 7.08. The van der Waals surface area contributed by atoms with Gasteiger partial charge in [-0.15, -0.1) is 0 Å². The summed E-state index contributed by atoms with van der Waals surface area (Å²) < 4.78 is 16.7. The fourth-order valence-electron chi connectivity index (χ4n) is 4.82. The van der Waals surface area contributed by atoms with Crippen LogP contribution in [-0.2, 0) is 11.3 Å². The molecule has 36 heavy (non-hydrogen) atoms. The van der Waals surface area contributed by atoms with Crippen LogP contribution in [0, 0.1) is 0 Å². The Balaban J connectivity index is 1.43. The zero-order valence-corrected chi connectivity index (χ0v) is 20.2. The highest BCUT2D eigenvalue weighted by molar-refractivity contribution is 5.93. The molecule has 0 bridgehead atoms. The average Bonchev–Trinajstić information content (AvgIpc) is 3.24. The second-order valence-electron chi connectivity index (χ2n) is 8.56. The lowest BCUT2D eigenvalue weighted by Gasteiger charge is -2.16. The first-order chi connectivity index (χ1) is 17.6. The van der Waals surface area contributed by atoms with Gasteiger partial charge in [0.1, 0.15) is 23.9 Å². The largest absolute Gasteiger partial charge is 0.508 e. The summed E-state index contributed by atoms with van der Waals surface area (Å²) in [6, 6.07) is 27.1. The molecule has 4 aromatic carbocycles. The molecule has 0 spiro atoms. The smallest absolute Gasteiger partial charge is 0.407 e. The highest BCUT2D eigenvalue weighted by Gasteiger charge is 2.32. The van der Waals surface area contributed by atoms with E-state index in [0.29, 0.717) is 5.56 Å². The average molecular weight is 482 g/mol. The number of amides is 1. The molecule has 0 fully saturated rings. The van der Waals surface area contributed by atoms with Crippen molar-refractivity contribution in [1.82, 2.24) is 5.32 Å². The maximum Gasteiger partial charge on any atom is 0.407 e. The lowest BCUT2D eigenvalue weighted by Crippen LogP contribution is -2.25. The highest BCUT2D eigenvalue weighted by Crippen LogP contribution is 2.50. The quantitative estimate of drug-likeness (QED) is 0.333. The minimum Gasteiger partial charge on any atom is -0.508 e. The molecular formula is C30H27NO5. The predicted molar refractivity (Wildman–Crippen MR) is 139 cm³/mol. The fourth-order valence-corrected chi connectivity index (χ4v) is 4.82. The van der Waals surface area contributed by atoms with Gasteiger partial charge in [0, 0.05) is 29.7 Å². The Morgan fingerprint density at radius 3 is 2.39 bits per heavy atom. The maximum absolute atomic E-state index is 12.5. The molecule has 1 aliphatic rings. The number of rotatable bonds is 7. The number of carbonyl (C=O) groups excluding carboxylic acids is 1. The van der Waals surface area contributed by atoms with E-state index < -0.39 is 6.09 Å². The summed E-state index contributed by atoms with van der Waals surface area (Å²) >= 11 is 0. The minimum atomic E-state index is -0.530. The molecule has 1 aliphatic carbocycles. The number of phenols is 1. The number of methoxy groups -OCH3 is 2. The summed E-state index contributed by atoms with van der Waals surface area (Å²) in [5.74, 6) is 1.49. The van der Waals surface area contributed by atoms with Crippen LogP contribution in [0.5, 0.6) is 17.2 Å². The van der Waals surface area contributed by atoms with Crippen LogP contribution in [0.1, 0.15) is 22.6 Å². The molecule has 1 atom stereocenters. The van der Waals surface area contributed by atoms with E-state index in [-0.39, 0.29) is 24.8 Å². The monoisotopic (exact) mass is 481 g/mol. The standard InChI is InChI=1S/C30H27NO5/c1-34-20-14-15-22(28(16-20)35-2)24-11-7-12-25-26(21-9-4-5-10-23(21)29(24)25)18-36-30(33)31-17-19-8-3-6-13-27(19)32/h3-16,26,32H,17-18H2,1-2H3,(H,31,33). The van der Waals surface area contributed by atoms with Gasteiger partial charge in [0.05, 0.1) is 14.2 Å². The van der Waals surface area contributed by atoms with Crippen LogP contribution in [0.4, 0.5) is 4.79 Å². The van der Waals surface area contributed by atoms with E-state index in [1.807, 2.05) is 42.5 Å². The Hall–Kier alpha value is -4.45. The van der Waals surface area contributed by atoms with Gasteiger partial charge in [0.25, 0.3) is 0 Å². The first-order valence-electron chi connectivity index (χ1n) is 11.7. The molecular weight excluding hydrogens is 454 g/mol. The summed E-state index contributed by atoms with van der Waals surface area (Å²) in [4.78, 5) is 12.5. The van der Waals surface area contributed by atoms with Gasteiger partial charge >= 0.3 is 6.09 Å². The molecule has 1 unspecified atom stereocenters. The van der Waals surface area contributed by atoms with Crippen LogP contribution in [0.25, 0.3) is 22.3 Å². The number of phenolic OH excluding ortho intramolecular Hbond substituents is 1.